The predicted molar refractivity (Wildman–Crippen MR) is 273 cm³/mol. The van der Waals surface area contributed by atoms with Crippen molar-refractivity contribution in [2.24, 2.45) is 0 Å². The topological polar surface area (TPSA) is 95.9 Å². The number of aliphatic hydroxyl groups is 2. The Morgan fingerprint density at radius 2 is 0.810 bits per heavy atom. The van der Waals surface area contributed by atoms with Crippen LogP contribution in [0, 0.1) is 0 Å². The van der Waals surface area contributed by atoms with Crippen molar-refractivity contribution in [3.8, 4) is 0 Å². The number of amides is 1. The number of hydrogen-bond donors (Lipinski definition) is 3. The highest BCUT2D eigenvalue weighted by molar-refractivity contribution is 5.77. The maximum absolute atomic E-state index is 13.2. The van der Waals surface area contributed by atoms with Crippen molar-refractivity contribution >= 4 is 11.9 Å². The van der Waals surface area contributed by atoms with Crippen molar-refractivity contribution in [3.05, 3.63) is 24.3 Å². The molecule has 0 spiro atoms. The first-order valence-corrected chi connectivity index (χ1v) is 28.1. The summed E-state index contributed by atoms with van der Waals surface area (Å²) in [5.74, 6) is -0.503. The molecule has 0 saturated carbocycles. The first kappa shape index (κ1) is 61.3. The molecule has 0 heterocycles. The minimum atomic E-state index is -0.795. The summed E-state index contributed by atoms with van der Waals surface area (Å²) in [7, 11) is 0. The van der Waals surface area contributed by atoms with Gasteiger partial charge in [0.15, 0.2) is 0 Å². The highest BCUT2D eigenvalue weighted by atomic mass is 16.5. The second kappa shape index (κ2) is 51.3. The monoisotopic (exact) mass is 888 g/mol. The molecule has 0 bridgehead atoms. The van der Waals surface area contributed by atoms with Crippen LogP contribution in [0.5, 0.6) is 0 Å². The van der Waals surface area contributed by atoms with Crippen LogP contribution in [0.2, 0.25) is 0 Å². The SMILES string of the molecule is CCCCCCCCC/C=C/C=C/CCCC(CC(=O)NC(CO)C(O)CCCCCCCCCCCCCCCCC)OC(=O)CCCCCCCCCCCCCCCCC. The Bertz CT molecular complexity index is 997. The van der Waals surface area contributed by atoms with Gasteiger partial charge < -0.3 is 20.3 Å². The van der Waals surface area contributed by atoms with Gasteiger partial charge in [-0.05, 0) is 44.9 Å². The molecule has 63 heavy (non-hydrogen) atoms. The van der Waals surface area contributed by atoms with Gasteiger partial charge in [0.05, 0.1) is 25.2 Å². The zero-order valence-corrected chi connectivity index (χ0v) is 42.5. The number of nitrogens with one attached hydrogen (secondary N) is 1. The second-order valence-electron chi connectivity index (χ2n) is 19.4. The van der Waals surface area contributed by atoms with E-state index in [1.165, 1.54) is 199 Å². The first-order chi connectivity index (χ1) is 31.0. The maximum Gasteiger partial charge on any atom is 0.306 e. The van der Waals surface area contributed by atoms with Gasteiger partial charge >= 0.3 is 5.97 Å². The van der Waals surface area contributed by atoms with Crippen molar-refractivity contribution in [2.75, 3.05) is 6.61 Å². The average molecular weight is 889 g/mol. The number of esters is 1. The highest BCUT2D eigenvalue weighted by Crippen LogP contribution is 2.18. The third kappa shape index (κ3) is 46.7. The van der Waals surface area contributed by atoms with Crippen LogP contribution in [0.4, 0.5) is 0 Å². The van der Waals surface area contributed by atoms with E-state index in [0.717, 1.165) is 57.8 Å². The van der Waals surface area contributed by atoms with Crippen molar-refractivity contribution in [2.45, 2.75) is 322 Å². The fourth-order valence-corrected chi connectivity index (χ4v) is 8.78. The minimum absolute atomic E-state index is 0.0504. The van der Waals surface area contributed by atoms with Crippen molar-refractivity contribution in [1.29, 1.82) is 0 Å². The molecule has 0 aromatic carbocycles. The van der Waals surface area contributed by atoms with E-state index in [4.69, 9.17) is 4.74 Å². The van der Waals surface area contributed by atoms with Gasteiger partial charge in [0.1, 0.15) is 6.10 Å². The van der Waals surface area contributed by atoms with E-state index in [0.29, 0.717) is 19.3 Å². The Balaban J connectivity index is 4.57. The Morgan fingerprint density at radius 3 is 1.21 bits per heavy atom. The van der Waals surface area contributed by atoms with Gasteiger partial charge in [0.2, 0.25) is 5.91 Å². The molecule has 6 heteroatoms. The van der Waals surface area contributed by atoms with Gasteiger partial charge in [-0.1, -0.05) is 270 Å². The summed E-state index contributed by atoms with van der Waals surface area (Å²) >= 11 is 0. The smallest absolute Gasteiger partial charge is 0.306 e. The number of ether oxygens (including phenoxy) is 1. The van der Waals surface area contributed by atoms with E-state index in [1.54, 1.807) is 0 Å². The molecule has 0 aliphatic rings. The number of unbranched alkanes of at least 4 members (excludes halogenated alkanes) is 36. The Kier molecular flexibility index (Phi) is 50.0. The lowest BCUT2D eigenvalue weighted by molar-refractivity contribution is -0.151. The number of carbonyl (C=O) groups excluding carboxylic acids is 2. The van der Waals surface area contributed by atoms with Crippen LogP contribution >= 0.6 is 0 Å². The summed E-state index contributed by atoms with van der Waals surface area (Å²) in [6.45, 7) is 6.50. The Labute approximate surface area is 392 Å². The summed E-state index contributed by atoms with van der Waals surface area (Å²) in [6.07, 6.45) is 59.6. The van der Waals surface area contributed by atoms with E-state index in [2.05, 4.69) is 50.4 Å². The minimum Gasteiger partial charge on any atom is -0.462 e. The molecule has 3 N–H and O–H groups in total. The fourth-order valence-electron chi connectivity index (χ4n) is 8.78. The van der Waals surface area contributed by atoms with E-state index in [9.17, 15) is 19.8 Å². The molecule has 372 valence electrons. The van der Waals surface area contributed by atoms with Crippen LogP contribution in [0.15, 0.2) is 24.3 Å². The normalized spacial score (nSPS) is 13.3. The largest absolute Gasteiger partial charge is 0.462 e. The third-order valence-corrected chi connectivity index (χ3v) is 13.1. The van der Waals surface area contributed by atoms with Crippen LogP contribution < -0.4 is 5.32 Å². The molecule has 0 saturated heterocycles. The number of carbonyl (C=O) groups is 2. The lowest BCUT2D eigenvalue weighted by Crippen LogP contribution is -2.46. The molecule has 0 rings (SSSR count). The zero-order chi connectivity index (χ0) is 45.9. The second-order valence-corrected chi connectivity index (χ2v) is 19.4. The van der Waals surface area contributed by atoms with Gasteiger partial charge in [-0.2, -0.15) is 0 Å². The summed E-state index contributed by atoms with van der Waals surface area (Å²) in [5, 5.41) is 23.8. The van der Waals surface area contributed by atoms with E-state index in [-0.39, 0.29) is 24.9 Å². The molecular formula is C57H109NO5. The lowest BCUT2D eigenvalue weighted by Gasteiger charge is -2.24. The summed E-state index contributed by atoms with van der Waals surface area (Å²) in [6, 6.07) is -0.711. The van der Waals surface area contributed by atoms with Gasteiger partial charge in [0, 0.05) is 6.42 Å². The van der Waals surface area contributed by atoms with E-state index >= 15 is 0 Å². The highest BCUT2D eigenvalue weighted by Gasteiger charge is 2.24. The number of aliphatic hydroxyl groups excluding tert-OH is 2. The first-order valence-electron chi connectivity index (χ1n) is 28.1. The van der Waals surface area contributed by atoms with E-state index < -0.39 is 18.2 Å². The van der Waals surface area contributed by atoms with Crippen LogP contribution in [0.25, 0.3) is 0 Å². The molecule has 0 fully saturated rings. The number of allylic oxidation sites excluding steroid dienone is 4. The average Bonchev–Trinajstić information content (AvgIpc) is 3.28. The summed E-state index contributed by atoms with van der Waals surface area (Å²) < 4.78 is 5.93. The molecule has 3 atom stereocenters. The predicted octanol–water partition coefficient (Wildman–Crippen LogP) is 17.1. The Hall–Kier alpha value is -1.66. The summed E-state index contributed by atoms with van der Waals surface area (Å²) in [4.78, 5) is 26.2. The number of hydrogen-bond acceptors (Lipinski definition) is 5. The van der Waals surface area contributed by atoms with E-state index in [1.807, 2.05) is 0 Å². The van der Waals surface area contributed by atoms with Crippen LogP contribution in [0.3, 0.4) is 0 Å². The zero-order valence-electron chi connectivity index (χ0n) is 42.5. The van der Waals surface area contributed by atoms with Crippen molar-refractivity contribution in [1.82, 2.24) is 5.32 Å². The Morgan fingerprint density at radius 1 is 0.460 bits per heavy atom. The van der Waals surface area contributed by atoms with Gasteiger partial charge in [-0.3, -0.25) is 9.59 Å². The summed E-state index contributed by atoms with van der Waals surface area (Å²) in [5.41, 5.74) is 0. The maximum atomic E-state index is 13.2. The lowest BCUT2D eigenvalue weighted by atomic mass is 10.0. The molecule has 0 aromatic heterocycles. The third-order valence-electron chi connectivity index (χ3n) is 13.1. The molecule has 3 unspecified atom stereocenters. The number of rotatable bonds is 51. The molecule has 0 radical (unpaired) electrons. The van der Waals surface area contributed by atoms with Crippen molar-refractivity contribution < 1.29 is 24.5 Å². The molecule has 1 amide bonds. The quantitative estimate of drug-likeness (QED) is 0.0321. The van der Waals surface area contributed by atoms with Gasteiger partial charge in [-0.15, -0.1) is 0 Å². The molecule has 0 aliphatic carbocycles. The molecule has 0 aliphatic heterocycles. The molecule has 0 aromatic rings. The standard InChI is InChI=1S/C57H109NO5/c1-4-7-10-13-16-19-22-25-28-31-34-37-40-43-46-49-55(60)54(52-59)58-56(61)51-53(48-45-42-39-36-33-30-27-24-21-18-15-12-9-6-3)63-57(62)50-47-44-41-38-35-32-29-26-23-20-17-14-11-8-5-2/h30,33,36,39,53-55,59-60H,4-29,31-32,34-35,37-38,40-52H2,1-3H3,(H,58,61)/b33-30+,39-36+. The van der Waals surface area contributed by atoms with Gasteiger partial charge in [-0.25, -0.2) is 0 Å². The molecular weight excluding hydrogens is 779 g/mol. The van der Waals surface area contributed by atoms with Gasteiger partial charge in [0.25, 0.3) is 0 Å². The fraction of sp³-hybridized carbons (Fsp3) is 0.895. The molecule has 6 nitrogen and oxygen atoms in total. The van der Waals surface area contributed by atoms with Crippen molar-refractivity contribution in [3.63, 3.8) is 0 Å². The van der Waals surface area contributed by atoms with Crippen LogP contribution in [0.1, 0.15) is 303 Å². The van der Waals surface area contributed by atoms with Crippen LogP contribution in [-0.4, -0.2) is 46.9 Å². The van der Waals surface area contributed by atoms with Crippen LogP contribution in [-0.2, 0) is 14.3 Å².